The topological polar surface area (TPSA) is 54.5 Å². The van der Waals surface area contributed by atoms with Crippen LogP contribution in [0.5, 0.6) is 5.75 Å². The molecule has 0 fully saturated rings. The number of aryl methyl sites for hydroxylation is 1. The van der Waals surface area contributed by atoms with E-state index in [0.717, 1.165) is 39.7 Å². The maximum absolute atomic E-state index is 13.0. The number of pyridine rings is 1. The van der Waals surface area contributed by atoms with Crippen LogP contribution in [0.1, 0.15) is 25.0 Å². The highest BCUT2D eigenvalue weighted by atomic mass is 19.4. The van der Waals surface area contributed by atoms with Crippen LogP contribution in [-0.2, 0) is 6.54 Å². The summed E-state index contributed by atoms with van der Waals surface area (Å²) in [5.74, 6) is -0.351. The molecule has 0 bridgehead atoms. The number of urea groups is 1. The molecular formula is C28H26F3N3O2. The number of nitrogens with zero attached hydrogens (tertiary/aromatic N) is 2. The van der Waals surface area contributed by atoms with Crippen LogP contribution in [0.25, 0.3) is 22.0 Å². The quantitative estimate of drug-likeness (QED) is 0.302. The van der Waals surface area contributed by atoms with Gasteiger partial charge in [-0.1, -0.05) is 35.9 Å². The number of hydrogen-bond donors (Lipinski definition) is 1. The van der Waals surface area contributed by atoms with Gasteiger partial charge in [0.2, 0.25) is 0 Å². The molecule has 0 aliphatic carbocycles. The lowest BCUT2D eigenvalue weighted by Gasteiger charge is -2.27. The summed E-state index contributed by atoms with van der Waals surface area (Å²) in [6, 6.07) is 20.7. The fourth-order valence-corrected chi connectivity index (χ4v) is 3.87. The molecule has 1 aromatic heterocycles. The van der Waals surface area contributed by atoms with Crippen molar-refractivity contribution in [2.75, 3.05) is 5.32 Å². The molecule has 0 spiro atoms. The van der Waals surface area contributed by atoms with Crippen molar-refractivity contribution in [2.24, 2.45) is 0 Å². The first-order chi connectivity index (χ1) is 17.1. The minimum Gasteiger partial charge on any atom is -0.406 e. The van der Waals surface area contributed by atoms with Crippen LogP contribution in [0, 0.1) is 6.92 Å². The maximum Gasteiger partial charge on any atom is 0.573 e. The molecule has 186 valence electrons. The third-order valence-corrected chi connectivity index (χ3v) is 5.68. The molecule has 0 atom stereocenters. The second-order valence-electron chi connectivity index (χ2n) is 8.84. The minimum atomic E-state index is -4.77. The Morgan fingerprint density at radius 1 is 1.00 bits per heavy atom. The Morgan fingerprint density at radius 2 is 1.75 bits per heavy atom. The monoisotopic (exact) mass is 493 g/mol. The fraction of sp³-hybridized carbons (Fsp3) is 0.214. The molecule has 0 unspecified atom stereocenters. The summed E-state index contributed by atoms with van der Waals surface area (Å²) in [7, 11) is 0. The van der Waals surface area contributed by atoms with Gasteiger partial charge in [0.05, 0.1) is 5.69 Å². The third-order valence-electron chi connectivity index (χ3n) is 5.68. The van der Waals surface area contributed by atoms with Gasteiger partial charge in [-0.15, -0.1) is 13.2 Å². The molecule has 0 aliphatic heterocycles. The first-order valence-electron chi connectivity index (χ1n) is 11.5. The van der Waals surface area contributed by atoms with Gasteiger partial charge < -0.3 is 15.0 Å². The number of alkyl halides is 3. The summed E-state index contributed by atoms with van der Waals surface area (Å²) in [6.45, 7) is 6.19. The van der Waals surface area contributed by atoms with E-state index < -0.39 is 6.36 Å². The Bertz CT molecular complexity index is 1370. The van der Waals surface area contributed by atoms with Crippen LogP contribution in [0.3, 0.4) is 0 Å². The standard InChI is InChI=1S/C28H26F3N3O2/c1-18(2)34(27(35)33-24-9-11-25(12-10-24)36-28(29,30)31)17-20-5-4-6-22(14-20)26-15-21-8-7-19(3)13-23(21)16-32-26/h4-16,18H,17H2,1-3H3,(H,33,35). The zero-order chi connectivity index (χ0) is 25.9. The number of halogens is 3. The first kappa shape index (κ1) is 25.0. The predicted molar refractivity (Wildman–Crippen MR) is 135 cm³/mol. The Balaban J connectivity index is 1.49. The van der Waals surface area contributed by atoms with Crippen molar-refractivity contribution in [2.45, 2.75) is 39.7 Å². The Labute approximate surface area is 207 Å². The highest BCUT2D eigenvalue weighted by molar-refractivity contribution is 5.89. The van der Waals surface area contributed by atoms with E-state index in [2.05, 4.69) is 33.2 Å². The molecule has 3 aromatic carbocycles. The SMILES string of the molecule is Cc1ccc2cc(-c3cccc(CN(C(=O)Nc4ccc(OC(F)(F)F)cc4)C(C)C)c3)ncc2c1. The Morgan fingerprint density at radius 3 is 2.44 bits per heavy atom. The van der Waals surface area contributed by atoms with Crippen molar-refractivity contribution in [3.05, 3.63) is 90.1 Å². The second-order valence-corrected chi connectivity index (χ2v) is 8.84. The van der Waals surface area contributed by atoms with Gasteiger partial charge in [-0.2, -0.15) is 0 Å². The summed E-state index contributed by atoms with van der Waals surface area (Å²) in [6.07, 6.45) is -2.90. The van der Waals surface area contributed by atoms with Crippen LogP contribution < -0.4 is 10.1 Å². The molecule has 36 heavy (non-hydrogen) atoms. The zero-order valence-electron chi connectivity index (χ0n) is 20.1. The summed E-state index contributed by atoms with van der Waals surface area (Å²) in [4.78, 5) is 19.3. The van der Waals surface area contributed by atoms with Gasteiger partial charge in [0.15, 0.2) is 0 Å². The number of carbonyl (C=O) groups excluding carboxylic acids is 1. The molecule has 1 heterocycles. The lowest BCUT2D eigenvalue weighted by molar-refractivity contribution is -0.274. The number of ether oxygens (including phenoxy) is 1. The molecule has 4 aromatic rings. The third kappa shape index (κ3) is 6.33. The van der Waals surface area contributed by atoms with Crippen molar-refractivity contribution in [1.82, 2.24) is 9.88 Å². The van der Waals surface area contributed by atoms with Crippen LogP contribution in [0.15, 0.2) is 79.0 Å². The molecule has 4 rings (SSSR count). The molecule has 2 amide bonds. The molecule has 0 radical (unpaired) electrons. The van der Waals surface area contributed by atoms with Gasteiger partial charge in [0.25, 0.3) is 0 Å². The van der Waals surface area contributed by atoms with Gasteiger partial charge in [-0.3, -0.25) is 4.98 Å². The lowest BCUT2D eigenvalue weighted by Crippen LogP contribution is -2.39. The number of carbonyl (C=O) groups is 1. The Kier molecular flexibility index (Phi) is 7.15. The lowest BCUT2D eigenvalue weighted by atomic mass is 10.0. The Hall–Kier alpha value is -4.07. The summed E-state index contributed by atoms with van der Waals surface area (Å²) < 4.78 is 41.0. The largest absolute Gasteiger partial charge is 0.573 e. The van der Waals surface area contributed by atoms with E-state index in [0.29, 0.717) is 12.2 Å². The van der Waals surface area contributed by atoms with Crippen molar-refractivity contribution in [3.63, 3.8) is 0 Å². The number of rotatable bonds is 6. The van der Waals surface area contributed by atoms with Crippen LogP contribution in [-0.4, -0.2) is 28.3 Å². The number of hydrogen-bond acceptors (Lipinski definition) is 3. The van der Waals surface area contributed by atoms with Gasteiger partial charge >= 0.3 is 12.4 Å². The molecule has 1 N–H and O–H groups in total. The zero-order valence-corrected chi connectivity index (χ0v) is 20.1. The van der Waals surface area contributed by atoms with Gasteiger partial charge in [0.1, 0.15) is 5.75 Å². The fourth-order valence-electron chi connectivity index (χ4n) is 3.87. The number of benzene rings is 3. The van der Waals surface area contributed by atoms with E-state index in [4.69, 9.17) is 0 Å². The summed E-state index contributed by atoms with van der Waals surface area (Å²) in [5.41, 5.74) is 4.26. The highest BCUT2D eigenvalue weighted by Crippen LogP contribution is 2.26. The van der Waals surface area contributed by atoms with E-state index in [1.165, 1.54) is 17.7 Å². The van der Waals surface area contributed by atoms with E-state index in [1.54, 1.807) is 4.90 Å². The second kappa shape index (κ2) is 10.3. The van der Waals surface area contributed by atoms with Crippen molar-refractivity contribution in [3.8, 4) is 17.0 Å². The van der Waals surface area contributed by atoms with E-state index >= 15 is 0 Å². The number of aromatic nitrogens is 1. The van der Waals surface area contributed by atoms with Gasteiger partial charge in [0, 0.05) is 35.4 Å². The molecule has 0 saturated carbocycles. The van der Waals surface area contributed by atoms with Gasteiger partial charge in [-0.05, 0) is 74.2 Å². The van der Waals surface area contributed by atoms with Crippen LogP contribution in [0.4, 0.5) is 23.7 Å². The number of anilines is 1. The average molecular weight is 494 g/mol. The first-order valence-corrected chi connectivity index (χ1v) is 11.5. The number of nitrogens with one attached hydrogen (secondary N) is 1. The normalized spacial score (nSPS) is 11.5. The van der Waals surface area contributed by atoms with Crippen molar-refractivity contribution in [1.29, 1.82) is 0 Å². The summed E-state index contributed by atoms with van der Waals surface area (Å²) >= 11 is 0. The maximum atomic E-state index is 13.0. The smallest absolute Gasteiger partial charge is 0.406 e. The van der Waals surface area contributed by atoms with Crippen LogP contribution in [0.2, 0.25) is 0 Å². The highest BCUT2D eigenvalue weighted by Gasteiger charge is 2.31. The predicted octanol–water partition coefficient (Wildman–Crippen LogP) is 7.55. The minimum absolute atomic E-state index is 0.122. The van der Waals surface area contributed by atoms with E-state index in [9.17, 15) is 18.0 Å². The van der Waals surface area contributed by atoms with Crippen molar-refractivity contribution >= 4 is 22.5 Å². The van der Waals surface area contributed by atoms with E-state index in [-0.39, 0.29) is 17.8 Å². The van der Waals surface area contributed by atoms with Crippen LogP contribution >= 0.6 is 0 Å². The molecule has 0 aliphatic rings. The average Bonchev–Trinajstić information content (AvgIpc) is 2.82. The van der Waals surface area contributed by atoms with Gasteiger partial charge in [-0.25, -0.2) is 4.79 Å². The molecule has 8 heteroatoms. The number of fused-ring (bicyclic) bond motifs is 1. The molecular weight excluding hydrogens is 467 g/mol. The molecule has 0 saturated heterocycles. The molecule has 5 nitrogen and oxygen atoms in total. The number of amides is 2. The van der Waals surface area contributed by atoms with Crippen molar-refractivity contribution < 1.29 is 22.7 Å². The van der Waals surface area contributed by atoms with E-state index in [1.807, 2.05) is 57.3 Å². The summed E-state index contributed by atoms with van der Waals surface area (Å²) in [5, 5.41) is 4.92.